The zero-order valence-corrected chi connectivity index (χ0v) is 21.2. The molecule has 0 saturated carbocycles. The van der Waals surface area contributed by atoms with Crippen molar-refractivity contribution >= 4 is 44.8 Å². The van der Waals surface area contributed by atoms with E-state index in [1.165, 1.54) is 11.3 Å². The summed E-state index contributed by atoms with van der Waals surface area (Å²) in [5.41, 5.74) is 7.92. The minimum atomic E-state index is 0.119. The van der Waals surface area contributed by atoms with Gasteiger partial charge in [-0.05, 0) is 60.9 Å². The van der Waals surface area contributed by atoms with Crippen molar-refractivity contribution < 1.29 is 4.42 Å². The fourth-order valence-electron chi connectivity index (χ4n) is 5.22. The zero-order chi connectivity index (χ0) is 24.6. The zero-order valence-electron chi connectivity index (χ0n) is 21.2. The lowest BCUT2D eigenvalue weighted by Crippen LogP contribution is -2.28. The van der Waals surface area contributed by atoms with Crippen molar-refractivity contribution in [2.45, 2.75) is 46.5 Å². The van der Waals surface area contributed by atoms with Crippen LogP contribution in [0.15, 0.2) is 83.4 Å². The van der Waals surface area contributed by atoms with E-state index >= 15 is 0 Å². The highest BCUT2D eigenvalue weighted by atomic mass is 16.3. The number of hydrogen-bond donors (Lipinski definition) is 1. The van der Waals surface area contributed by atoms with Crippen LogP contribution in [0.25, 0.3) is 21.9 Å². The number of benzene rings is 3. The van der Waals surface area contributed by atoms with Gasteiger partial charge < -0.3 is 14.6 Å². The van der Waals surface area contributed by atoms with Crippen LogP contribution in [0.4, 0.5) is 22.9 Å². The molecule has 1 N–H and O–H groups in total. The number of furan rings is 1. The Morgan fingerprint density at radius 2 is 1.66 bits per heavy atom. The Kier molecular flexibility index (Phi) is 5.98. The van der Waals surface area contributed by atoms with E-state index in [2.05, 4.69) is 79.5 Å². The summed E-state index contributed by atoms with van der Waals surface area (Å²) in [7, 11) is 0. The first-order valence-corrected chi connectivity index (χ1v) is 12.6. The van der Waals surface area contributed by atoms with Crippen LogP contribution >= 0.6 is 0 Å². The van der Waals surface area contributed by atoms with Gasteiger partial charge in [0, 0.05) is 40.3 Å². The molecule has 1 atom stereocenters. The van der Waals surface area contributed by atoms with Crippen molar-refractivity contribution in [3.05, 3.63) is 90.1 Å². The first-order chi connectivity index (χ1) is 17.1. The second-order valence-corrected chi connectivity index (χ2v) is 9.22. The third kappa shape index (κ3) is 3.74. The molecule has 0 aliphatic carbocycles. The highest BCUT2D eigenvalue weighted by molar-refractivity contribution is 6.08. The molecule has 0 radical (unpaired) electrons. The third-order valence-electron chi connectivity index (χ3n) is 7.27. The molecule has 1 unspecified atom stereocenters. The number of hydrogen-bond acceptors (Lipinski definition) is 4. The fraction of sp³-hybridized carbons (Fsp3) is 0.258. The number of pyridine rings is 1. The minimum absolute atomic E-state index is 0.119. The Balaban J connectivity index is 0.00000124. The van der Waals surface area contributed by atoms with Gasteiger partial charge in [-0.3, -0.25) is 0 Å². The summed E-state index contributed by atoms with van der Waals surface area (Å²) in [4.78, 5) is 7.17. The maximum atomic E-state index is 6.07. The van der Waals surface area contributed by atoms with E-state index in [0.717, 1.165) is 57.7 Å². The third-order valence-corrected chi connectivity index (χ3v) is 7.27. The molecular weight excluding hydrogens is 430 g/mol. The van der Waals surface area contributed by atoms with Crippen LogP contribution in [-0.2, 0) is 5.41 Å². The van der Waals surface area contributed by atoms with Crippen LogP contribution in [0.2, 0.25) is 0 Å². The Hall–Kier alpha value is -3.79. The van der Waals surface area contributed by atoms with E-state index < -0.39 is 0 Å². The van der Waals surface area contributed by atoms with Crippen LogP contribution in [0.3, 0.4) is 0 Å². The van der Waals surface area contributed by atoms with Gasteiger partial charge in [0.25, 0.3) is 0 Å². The molecule has 1 aliphatic heterocycles. The topological polar surface area (TPSA) is 41.3 Å². The van der Waals surface area contributed by atoms with Gasteiger partial charge in [-0.25, -0.2) is 4.98 Å². The number of rotatable bonds is 4. The molecule has 0 saturated heterocycles. The van der Waals surface area contributed by atoms with Gasteiger partial charge in [0.1, 0.15) is 11.2 Å². The second kappa shape index (κ2) is 9.10. The summed E-state index contributed by atoms with van der Waals surface area (Å²) in [6.45, 7) is 11.7. The quantitative estimate of drug-likeness (QED) is 0.289. The predicted octanol–water partition coefficient (Wildman–Crippen LogP) is 8.88. The lowest BCUT2D eigenvalue weighted by Gasteiger charge is -2.26. The fourth-order valence-corrected chi connectivity index (χ4v) is 5.22. The van der Waals surface area contributed by atoms with Gasteiger partial charge in [0.2, 0.25) is 0 Å². The van der Waals surface area contributed by atoms with Crippen LogP contribution in [-0.4, -0.2) is 11.5 Å². The first kappa shape index (κ1) is 23.0. The molecular formula is C31H33N3O. The molecule has 0 bridgehead atoms. The van der Waals surface area contributed by atoms with Crippen LogP contribution in [0.5, 0.6) is 0 Å². The lowest BCUT2D eigenvalue weighted by atomic mass is 9.82. The number of fused-ring (bicyclic) bond motifs is 4. The highest BCUT2D eigenvalue weighted by Gasteiger charge is 2.38. The maximum Gasteiger partial charge on any atom is 0.154 e. The van der Waals surface area contributed by atoms with E-state index in [1.807, 2.05) is 44.3 Å². The molecule has 4 heteroatoms. The first-order valence-electron chi connectivity index (χ1n) is 12.6. The minimum Gasteiger partial charge on any atom is -0.456 e. The molecule has 1 aliphatic rings. The monoisotopic (exact) mass is 463 g/mol. The van der Waals surface area contributed by atoms with E-state index in [-0.39, 0.29) is 5.41 Å². The number of nitrogens with zero attached hydrogens (tertiary/aromatic N) is 2. The van der Waals surface area contributed by atoms with E-state index in [1.54, 1.807) is 0 Å². The molecule has 35 heavy (non-hydrogen) atoms. The Bertz CT molecular complexity index is 1500. The van der Waals surface area contributed by atoms with Gasteiger partial charge >= 0.3 is 0 Å². The molecule has 3 aromatic carbocycles. The summed E-state index contributed by atoms with van der Waals surface area (Å²) < 4.78 is 6.07. The van der Waals surface area contributed by atoms with Crippen LogP contribution in [0.1, 0.15) is 45.2 Å². The summed E-state index contributed by atoms with van der Waals surface area (Å²) in [5, 5.41) is 5.94. The molecule has 4 nitrogen and oxygen atoms in total. The average Bonchev–Trinajstić information content (AvgIpc) is 3.44. The Morgan fingerprint density at radius 3 is 2.49 bits per heavy atom. The standard InChI is InChI=1S/C29H27N3O.C2H6/c1-4-29(3)18-32(23-12-7-6-11-21(23)29)24-13-9-17-30-28(24)31-22-15-16-26-27(19(22)2)20-10-5-8-14-25(20)33-26;1-2/h5-17H,4,18H2,1-3H3,(H,30,31);1-2H3. The maximum absolute atomic E-state index is 6.07. The number of para-hydroxylation sites is 2. The average molecular weight is 464 g/mol. The smallest absolute Gasteiger partial charge is 0.154 e. The van der Waals surface area contributed by atoms with Crippen molar-refractivity contribution in [1.82, 2.24) is 4.98 Å². The largest absolute Gasteiger partial charge is 0.456 e. The Morgan fingerprint density at radius 1 is 0.914 bits per heavy atom. The van der Waals surface area contributed by atoms with Crippen molar-refractivity contribution in [3.8, 4) is 0 Å². The molecule has 0 spiro atoms. The summed E-state index contributed by atoms with van der Waals surface area (Å²) in [6, 6.07) is 25.3. The van der Waals surface area contributed by atoms with Crippen LogP contribution < -0.4 is 10.2 Å². The van der Waals surface area contributed by atoms with Crippen molar-refractivity contribution in [3.63, 3.8) is 0 Å². The van der Waals surface area contributed by atoms with Crippen molar-refractivity contribution in [2.75, 3.05) is 16.8 Å². The summed E-state index contributed by atoms with van der Waals surface area (Å²) >= 11 is 0. The number of aryl methyl sites for hydroxylation is 1. The van der Waals surface area contributed by atoms with E-state index in [9.17, 15) is 0 Å². The molecule has 0 fully saturated rings. The van der Waals surface area contributed by atoms with E-state index in [0.29, 0.717) is 0 Å². The SMILES string of the molecule is CC.CCC1(C)CN(c2cccnc2Nc2ccc3oc4ccccc4c3c2C)c2ccccc21. The van der Waals surface area contributed by atoms with Gasteiger partial charge in [-0.15, -0.1) is 0 Å². The normalized spacial score (nSPS) is 16.8. The number of aromatic nitrogens is 1. The van der Waals surface area contributed by atoms with Crippen LogP contribution in [0, 0.1) is 6.92 Å². The number of anilines is 4. The molecule has 178 valence electrons. The van der Waals surface area contributed by atoms with Gasteiger partial charge in [0.15, 0.2) is 5.82 Å². The van der Waals surface area contributed by atoms with E-state index in [4.69, 9.17) is 9.40 Å². The summed E-state index contributed by atoms with van der Waals surface area (Å²) in [5.74, 6) is 0.864. The Labute approximate surface area is 207 Å². The molecule has 6 rings (SSSR count). The van der Waals surface area contributed by atoms with Gasteiger partial charge in [-0.2, -0.15) is 0 Å². The number of nitrogens with one attached hydrogen (secondary N) is 1. The molecule has 2 aromatic heterocycles. The second-order valence-electron chi connectivity index (χ2n) is 9.22. The molecule has 3 heterocycles. The van der Waals surface area contributed by atoms with Gasteiger partial charge in [0.05, 0.1) is 5.69 Å². The van der Waals surface area contributed by atoms with Crippen molar-refractivity contribution in [1.29, 1.82) is 0 Å². The summed E-state index contributed by atoms with van der Waals surface area (Å²) in [6.07, 6.45) is 2.95. The van der Waals surface area contributed by atoms with Crippen molar-refractivity contribution in [2.24, 2.45) is 0 Å². The lowest BCUT2D eigenvalue weighted by molar-refractivity contribution is 0.492. The van der Waals surface area contributed by atoms with Gasteiger partial charge in [-0.1, -0.05) is 64.1 Å². The predicted molar refractivity (Wildman–Crippen MR) is 148 cm³/mol. The molecule has 5 aromatic rings. The highest BCUT2D eigenvalue weighted by Crippen LogP contribution is 2.47. The molecule has 0 amide bonds.